The first-order valence-electron chi connectivity index (χ1n) is 5.69. The minimum atomic E-state index is 0.00507. The van der Waals surface area contributed by atoms with Crippen LogP contribution in [0.1, 0.15) is 10.4 Å². The molecule has 0 aliphatic rings. The van der Waals surface area contributed by atoms with Gasteiger partial charge in [-0.25, -0.2) is 4.98 Å². The molecule has 0 aromatic carbocycles. The highest BCUT2D eigenvalue weighted by Crippen LogP contribution is 2.21. The van der Waals surface area contributed by atoms with E-state index in [-0.39, 0.29) is 6.61 Å². The van der Waals surface area contributed by atoms with Crippen LogP contribution in [0, 0.1) is 0 Å². The third-order valence-corrected chi connectivity index (χ3v) is 4.08. The second-order valence-corrected chi connectivity index (χ2v) is 5.99. The fourth-order valence-electron chi connectivity index (χ4n) is 1.77. The molecule has 2 aromatic rings. The Morgan fingerprint density at radius 3 is 3.00 bits per heavy atom. The van der Waals surface area contributed by atoms with E-state index >= 15 is 0 Å². The van der Waals surface area contributed by atoms with Gasteiger partial charge in [-0.15, -0.1) is 11.3 Å². The molecule has 5 heteroatoms. The van der Waals surface area contributed by atoms with E-state index < -0.39 is 0 Å². The first-order chi connectivity index (χ1) is 8.70. The number of hydrogen-bond acceptors (Lipinski definition) is 4. The van der Waals surface area contributed by atoms with Gasteiger partial charge in [-0.3, -0.25) is 0 Å². The Hall–Kier alpha value is -0.910. The van der Waals surface area contributed by atoms with E-state index in [2.05, 4.69) is 43.3 Å². The fourth-order valence-corrected chi connectivity index (χ4v) is 2.85. The summed E-state index contributed by atoms with van der Waals surface area (Å²) in [4.78, 5) is 7.82. The molecule has 0 unspecified atom stereocenters. The maximum absolute atomic E-state index is 9.36. The van der Waals surface area contributed by atoms with Gasteiger partial charge in [-0.2, -0.15) is 0 Å². The number of aliphatic hydroxyl groups is 1. The molecule has 0 bridgehead atoms. The summed E-state index contributed by atoms with van der Waals surface area (Å²) in [5, 5.41) is 11.4. The Bertz CT molecular complexity index is 502. The fraction of sp³-hybridized carbons (Fsp3) is 0.308. The molecule has 0 aliphatic heterocycles. The van der Waals surface area contributed by atoms with Crippen LogP contribution in [0.4, 0.5) is 5.82 Å². The van der Waals surface area contributed by atoms with E-state index in [0.29, 0.717) is 0 Å². The number of likely N-dealkylation sites (N-methyl/N-ethyl adjacent to an activating group) is 1. The molecule has 2 rings (SSSR count). The highest BCUT2D eigenvalue weighted by atomic mass is 79.9. The third kappa shape index (κ3) is 3.31. The van der Waals surface area contributed by atoms with Crippen LogP contribution in [-0.4, -0.2) is 23.7 Å². The summed E-state index contributed by atoms with van der Waals surface area (Å²) in [6.07, 6.45) is 2.76. The number of aliphatic hydroxyl groups excluding tert-OH is 1. The van der Waals surface area contributed by atoms with E-state index in [9.17, 15) is 5.11 Å². The smallest absolute Gasteiger partial charge is 0.133 e. The molecule has 2 heterocycles. The van der Waals surface area contributed by atoms with Gasteiger partial charge in [0.2, 0.25) is 0 Å². The minimum absolute atomic E-state index is 0.00507. The third-order valence-electron chi connectivity index (χ3n) is 2.72. The minimum Gasteiger partial charge on any atom is -0.392 e. The van der Waals surface area contributed by atoms with Crippen molar-refractivity contribution in [2.45, 2.75) is 13.0 Å². The lowest BCUT2D eigenvalue weighted by Gasteiger charge is -2.20. The Morgan fingerprint density at radius 1 is 1.50 bits per heavy atom. The lowest BCUT2D eigenvalue weighted by molar-refractivity contribution is 0.281. The molecule has 0 radical (unpaired) electrons. The summed E-state index contributed by atoms with van der Waals surface area (Å²) in [7, 11) is 2.00. The van der Waals surface area contributed by atoms with Gasteiger partial charge >= 0.3 is 0 Å². The lowest BCUT2D eigenvalue weighted by atomic mass is 10.2. The molecule has 0 atom stereocenters. The summed E-state index contributed by atoms with van der Waals surface area (Å²) >= 11 is 5.13. The van der Waals surface area contributed by atoms with Crippen molar-refractivity contribution >= 4 is 33.1 Å². The predicted octanol–water partition coefficient (Wildman–Crippen LogP) is 3.08. The molecular formula is C13H15BrN2OS. The number of nitrogens with zero attached hydrogens (tertiary/aromatic N) is 2. The lowest BCUT2D eigenvalue weighted by Crippen LogP contribution is -2.22. The van der Waals surface area contributed by atoms with Crippen LogP contribution in [0.3, 0.4) is 0 Å². The number of aromatic nitrogens is 1. The zero-order valence-corrected chi connectivity index (χ0v) is 12.5. The summed E-state index contributed by atoms with van der Waals surface area (Å²) in [6, 6.07) is 6.11. The van der Waals surface area contributed by atoms with Crippen molar-refractivity contribution in [3.63, 3.8) is 0 Å². The Kier molecular flexibility index (Phi) is 4.74. The molecule has 0 fully saturated rings. The van der Waals surface area contributed by atoms with Crippen LogP contribution in [-0.2, 0) is 13.0 Å². The molecule has 0 saturated carbocycles. The molecular weight excluding hydrogens is 312 g/mol. The van der Waals surface area contributed by atoms with E-state index in [4.69, 9.17) is 0 Å². The average molecular weight is 327 g/mol. The van der Waals surface area contributed by atoms with E-state index in [1.54, 1.807) is 17.5 Å². The summed E-state index contributed by atoms with van der Waals surface area (Å²) < 4.78 is 0.891. The molecule has 1 N–H and O–H groups in total. The van der Waals surface area contributed by atoms with Gasteiger partial charge in [0.05, 0.1) is 6.61 Å². The number of halogens is 1. The second-order valence-electron chi connectivity index (χ2n) is 4.05. The van der Waals surface area contributed by atoms with Crippen molar-refractivity contribution in [2.75, 3.05) is 18.5 Å². The average Bonchev–Trinajstić information content (AvgIpc) is 2.88. The molecule has 96 valence electrons. The predicted molar refractivity (Wildman–Crippen MR) is 79.2 cm³/mol. The van der Waals surface area contributed by atoms with E-state index in [1.807, 2.05) is 13.1 Å². The van der Waals surface area contributed by atoms with Crippen LogP contribution >= 0.6 is 27.3 Å². The Morgan fingerprint density at radius 2 is 2.33 bits per heavy atom. The number of rotatable bonds is 5. The molecule has 18 heavy (non-hydrogen) atoms. The molecule has 0 spiro atoms. The largest absolute Gasteiger partial charge is 0.392 e. The van der Waals surface area contributed by atoms with Crippen molar-refractivity contribution < 1.29 is 5.11 Å². The summed E-state index contributed by atoms with van der Waals surface area (Å²) in [5.74, 6) is 0.845. The van der Waals surface area contributed by atoms with E-state index in [0.717, 1.165) is 28.8 Å². The van der Waals surface area contributed by atoms with Gasteiger partial charge in [0.15, 0.2) is 0 Å². The summed E-state index contributed by atoms with van der Waals surface area (Å²) in [5.41, 5.74) is 0.845. The van der Waals surface area contributed by atoms with Crippen LogP contribution in [0.2, 0.25) is 0 Å². The monoisotopic (exact) mass is 326 g/mol. The number of pyridine rings is 1. The van der Waals surface area contributed by atoms with Gasteiger partial charge in [0.25, 0.3) is 0 Å². The summed E-state index contributed by atoms with van der Waals surface area (Å²) in [6.45, 7) is 0.896. The molecule has 0 aliphatic carbocycles. The highest BCUT2D eigenvalue weighted by molar-refractivity contribution is 9.10. The first-order valence-corrected chi connectivity index (χ1v) is 7.37. The van der Waals surface area contributed by atoms with Gasteiger partial charge in [-0.05, 0) is 39.9 Å². The van der Waals surface area contributed by atoms with Crippen LogP contribution in [0.15, 0.2) is 34.2 Å². The molecule has 0 amide bonds. The van der Waals surface area contributed by atoms with Gasteiger partial charge in [0, 0.05) is 34.7 Å². The van der Waals surface area contributed by atoms with Crippen molar-refractivity contribution in [2.24, 2.45) is 0 Å². The number of hydrogen-bond donors (Lipinski definition) is 1. The molecule has 3 nitrogen and oxygen atoms in total. The van der Waals surface area contributed by atoms with Crippen molar-refractivity contribution in [1.29, 1.82) is 0 Å². The first kappa shape index (κ1) is 13.5. The topological polar surface area (TPSA) is 36.4 Å². The molecule has 0 saturated heterocycles. The van der Waals surface area contributed by atoms with Gasteiger partial charge in [-0.1, -0.05) is 6.07 Å². The molecule has 2 aromatic heterocycles. The SMILES string of the molecule is CN(CCc1cccs1)c1ncc(Br)cc1CO. The van der Waals surface area contributed by atoms with Crippen molar-refractivity contribution in [1.82, 2.24) is 4.98 Å². The van der Waals surface area contributed by atoms with E-state index in [1.165, 1.54) is 4.88 Å². The zero-order valence-electron chi connectivity index (χ0n) is 10.1. The van der Waals surface area contributed by atoms with Crippen LogP contribution < -0.4 is 4.90 Å². The normalized spacial score (nSPS) is 10.6. The number of anilines is 1. The quantitative estimate of drug-likeness (QED) is 0.917. The van der Waals surface area contributed by atoms with Gasteiger partial charge in [0.1, 0.15) is 5.82 Å². The second kappa shape index (κ2) is 6.31. The maximum Gasteiger partial charge on any atom is 0.133 e. The standard InChI is InChI=1S/C13H15BrN2OS/c1-16(5-4-12-3-2-6-18-12)13-10(9-17)7-11(14)8-15-13/h2-3,6-8,17H,4-5,9H2,1H3. The zero-order chi connectivity index (χ0) is 13.0. The van der Waals surface area contributed by atoms with Crippen molar-refractivity contribution in [3.8, 4) is 0 Å². The van der Waals surface area contributed by atoms with Gasteiger partial charge < -0.3 is 10.0 Å². The Balaban J connectivity index is 2.06. The Labute approximate surface area is 119 Å². The van der Waals surface area contributed by atoms with Crippen molar-refractivity contribution in [3.05, 3.63) is 44.7 Å². The maximum atomic E-state index is 9.36. The van der Waals surface area contributed by atoms with Crippen LogP contribution in [0.5, 0.6) is 0 Å². The highest BCUT2D eigenvalue weighted by Gasteiger charge is 2.09. The van der Waals surface area contributed by atoms with Crippen LogP contribution in [0.25, 0.3) is 0 Å². The number of thiophene rings is 1.